The van der Waals surface area contributed by atoms with Gasteiger partial charge in [0.15, 0.2) is 0 Å². The number of aliphatic hydroxyl groups is 1. The largest absolute Gasteiger partial charge is 0.449 e. The van der Waals surface area contributed by atoms with Crippen LogP contribution in [0.5, 0.6) is 0 Å². The van der Waals surface area contributed by atoms with Gasteiger partial charge in [-0.25, -0.2) is 4.79 Å². The van der Waals surface area contributed by atoms with Crippen LogP contribution < -0.4 is 0 Å². The van der Waals surface area contributed by atoms with Gasteiger partial charge in [-0.05, 0) is 0 Å². The quantitative estimate of drug-likeness (QED) is 0.454. The molecule has 0 aliphatic heterocycles. The van der Waals surface area contributed by atoms with Crippen LogP contribution in [0.4, 0.5) is 0 Å². The van der Waals surface area contributed by atoms with Crippen LogP contribution in [0.15, 0.2) is 12.2 Å². The van der Waals surface area contributed by atoms with Crippen molar-refractivity contribution < 1.29 is 27.1 Å². The highest BCUT2D eigenvalue weighted by molar-refractivity contribution is 7.81. The van der Waals surface area contributed by atoms with Gasteiger partial charge in [0.1, 0.15) is 0 Å². The second-order valence-electron chi connectivity index (χ2n) is 1.88. The van der Waals surface area contributed by atoms with Gasteiger partial charge in [0.05, 0.1) is 0 Å². The maximum atomic E-state index is 10.6. The van der Waals surface area contributed by atoms with E-state index in [0.717, 1.165) is 0 Å². The molecular formula is C5H8O6S. The van der Waals surface area contributed by atoms with Gasteiger partial charge >= 0.3 is 16.4 Å². The molecule has 0 saturated carbocycles. The summed E-state index contributed by atoms with van der Waals surface area (Å²) >= 11 is 0. The minimum atomic E-state index is -4.78. The molecule has 0 rings (SSSR count). The van der Waals surface area contributed by atoms with E-state index < -0.39 is 16.4 Å². The second-order valence-corrected chi connectivity index (χ2v) is 2.90. The highest BCUT2D eigenvalue weighted by Gasteiger charge is 2.15. The summed E-state index contributed by atoms with van der Waals surface area (Å²) in [4.78, 5) is 10.6. The van der Waals surface area contributed by atoms with Crippen LogP contribution in [0.1, 0.15) is 6.42 Å². The Morgan fingerprint density at radius 2 is 2.00 bits per heavy atom. The number of carbonyl (C=O) groups excluding carboxylic acids is 1. The summed E-state index contributed by atoms with van der Waals surface area (Å²) in [5, 5.41) is 8.30. The maximum Gasteiger partial charge on any atom is 0.449 e. The first-order valence-electron chi connectivity index (χ1n) is 2.86. The van der Waals surface area contributed by atoms with Crippen molar-refractivity contribution >= 4 is 16.4 Å². The summed E-state index contributed by atoms with van der Waals surface area (Å²) < 4.78 is 31.5. The number of carbonyl (C=O) groups is 1. The number of hydrogen-bond acceptors (Lipinski definition) is 5. The Bertz CT molecular complexity index is 276. The molecule has 0 aliphatic rings. The molecule has 2 N–H and O–H groups in total. The van der Waals surface area contributed by atoms with E-state index in [1.807, 2.05) is 0 Å². The lowest BCUT2D eigenvalue weighted by molar-refractivity contribution is -0.130. The van der Waals surface area contributed by atoms with Crippen LogP contribution in [0.25, 0.3) is 0 Å². The molecule has 7 heteroatoms. The van der Waals surface area contributed by atoms with Crippen LogP contribution in [0, 0.1) is 0 Å². The van der Waals surface area contributed by atoms with Crippen LogP contribution in [0.2, 0.25) is 0 Å². The predicted octanol–water partition coefficient (Wildman–Crippen LogP) is -0.729. The van der Waals surface area contributed by atoms with Crippen LogP contribution >= 0.6 is 0 Å². The summed E-state index contributed by atoms with van der Waals surface area (Å²) in [7, 11) is -4.78. The predicted molar refractivity (Wildman–Crippen MR) is 38.5 cm³/mol. The molecule has 0 radical (unpaired) electrons. The molecule has 0 spiro atoms. The molecule has 0 saturated heterocycles. The monoisotopic (exact) mass is 196 g/mol. The molecule has 0 heterocycles. The van der Waals surface area contributed by atoms with Crippen LogP contribution in [0.3, 0.4) is 0 Å². The van der Waals surface area contributed by atoms with E-state index in [-0.39, 0.29) is 18.6 Å². The molecule has 0 atom stereocenters. The fourth-order valence-corrected chi connectivity index (χ4v) is 0.701. The molecule has 70 valence electrons. The third-order valence-corrected chi connectivity index (χ3v) is 1.25. The number of hydrogen-bond donors (Lipinski definition) is 2. The minimum absolute atomic E-state index is 0.103. The van der Waals surface area contributed by atoms with Gasteiger partial charge in [0.25, 0.3) is 0 Å². The first-order valence-corrected chi connectivity index (χ1v) is 4.23. The third-order valence-electron chi connectivity index (χ3n) is 0.883. The van der Waals surface area contributed by atoms with E-state index in [0.29, 0.717) is 0 Å². The standard InChI is InChI=1S/C5H8O6S/c1-4(2-3-6)5(7)11-12(8,9)10/h6H,1-3H2,(H,8,9,10). The Labute approximate surface area is 69.4 Å². The molecule has 0 aliphatic carbocycles. The molecule has 0 bridgehead atoms. The molecule has 0 aromatic rings. The van der Waals surface area contributed by atoms with Crippen molar-refractivity contribution in [1.29, 1.82) is 0 Å². The summed E-state index contributed by atoms with van der Waals surface area (Å²) in [6.45, 7) is 2.77. The first-order chi connectivity index (χ1) is 5.37. The first kappa shape index (κ1) is 11.1. The zero-order valence-corrected chi connectivity index (χ0v) is 6.87. The molecule has 0 amide bonds. The fourth-order valence-electron chi connectivity index (χ4n) is 0.392. The Morgan fingerprint density at radius 1 is 1.50 bits per heavy atom. The van der Waals surface area contributed by atoms with Crippen molar-refractivity contribution in [2.75, 3.05) is 6.61 Å². The van der Waals surface area contributed by atoms with Gasteiger partial charge in [-0.1, -0.05) is 6.58 Å². The highest BCUT2D eigenvalue weighted by atomic mass is 32.3. The van der Waals surface area contributed by atoms with Crippen molar-refractivity contribution in [3.63, 3.8) is 0 Å². The van der Waals surface area contributed by atoms with Crippen LogP contribution in [-0.4, -0.2) is 30.7 Å². The summed E-state index contributed by atoms with van der Waals surface area (Å²) in [6.07, 6.45) is -0.103. The van der Waals surface area contributed by atoms with Crippen molar-refractivity contribution in [2.24, 2.45) is 0 Å². The Morgan fingerprint density at radius 3 is 2.33 bits per heavy atom. The lowest BCUT2D eigenvalue weighted by Crippen LogP contribution is -2.13. The highest BCUT2D eigenvalue weighted by Crippen LogP contribution is 2.01. The van der Waals surface area contributed by atoms with E-state index >= 15 is 0 Å². The lowest BCUT2D eigenvalue weighted by atomic mass is 10.2. The normalized spacial score (nSPS) is 10.8. The van der Waals surface area contributed by atoms with E-state index in [2.05, 4.69) is 10.8 Å². The van der Waals surface area contributed by atoms with E-state index in [1.165, 1.54) is 0 Å². The molecule has 0 fully saturated rings. The number of aliphatic hydroxyl groups excluding tert-OH is 1. The van der Waals surface area contributed by atoms with E-state index in [1.54, 1.807) is 0 Å². The minimum Gasteiger partial charge on any atom is -0.396 e. The zero-order valence-electron chi connectivity index (χ0n) is 6.06. The van der Waals surface area contributed by atoms with Gasteiger partial charge in [-0.15, -0.1) is 0 Å². The van der Waals surface area contributed by atoms with E-state index in [9.17, 15) is 13.2 Å². The maximum absolute atomic E-state index is 10.6. The van der Waals surface area contributed by atoms with Gasteiger partial charge in [0, 0.05) is 18.6 Å². The Balaban J connectivity index is 4.15. The molecule has 0 aromatic carbocycles. The lowest BCUT2D eigenvalue weighted by Gasteiger charge is -2.00. The van der Waals surface area contributed by atoms with Crippen molar-refractivity contribution in [3.8, 4) is 0 Å². The van der Waals surface area contributed by atoms with Gasteiger partial charge in [0.2, 0.25) is 0 Å². The van der Waals surface area contributed by atoms with Crippen molar-refractivity contribution in [2.45, 2.75) is 6.42 Å². The molecule has 0 aromatic heterocycles. The second kappa shape index (κ2) is 4.19. The molecular weight excluding hydrogens is 188 g/mol. The Kier molecular flexibility index (Phi) is 3.87. The van der Waals surface area contributed by atoms with E-state index in [4.69, 9.17) is 9.66 Å². The average molecular weight is 196 g/mol. The molecule has 6 nitrogen and oxygen atoms in total. The van der Waals surface area contributed by atoms with Crippen molar-refractivity contribution in [1.82, 2.24) is 0 Å². The molecule has 12 heavy (non-hydrogen) atoms. The average Bonchev–Trinajstić information content (AvgIpc) is 1.84. The Hall–Kier alpha value is -0.920. The SMILES string of the molecule is C=C(CCO)C(=O)OS(=O)(=O)O. The zero-order chi connectivity index (χ0) is 9.78. The summed E-state index contributed by atoms with van der Waals surface area (Å²) in [5.41, 5.74) is -0.227. The summed E-state index contributed by atoms with van der Waals surface area (Å²) in [5.74, 6) is -1.27. The molecule has 0 unspecified atom stereocenters. The number of rotatable bonds is 4. The van der Waals surface area contributed by atoms with Gasteiger partial charge < -0.3 is 9.29 Å². The van der Waals surface area contributed by atoms with Crippen LogP contribution in [-0.2, 0) is 19.4 Å². The summed E-state index contributed by atoms with van der Waals surface area (Å²) in [6, 6.07) is 0. The van der Waals surface area contributed by atoms with Gasteiger partial charge in [-0.3, -0.25) is 4.55 Å². The topological polar surface area (TPSA) is 101 Å². The smallest absolute Gasteiger partial charge is 0.396 e. The van der Waals surface area contributed by atoms with Crippen molar-refractivity contribution in [3.05, 3.63) is 12.2 Å². The fraction of sp³-hybridized carbons (Fsp3) is 0.400. The van der Waals surface area contributed by atoms with Gasteiger partial charge in [-0.2, -0.15) is 8.42 Å². The third kappa shape index (κ3) is 4.83.